The average Bonchev–Trinajstić information content (AvgIpc) is 3.56. The lowest BCUT2D eigenvalue weighted by atomic mass is 9.95. The molecule has 0 unspecified atom stereocenters. The Morgan fingerprint density at radius 2 is 1.67 bits per heavy atom. The SMILES string of the molecule is Cc1cc(Cl)cc(C(=O)NC(C)(C)C)c1CC(=O)c1cc(Cn2cc(C(F)(F)C(F)(F)C(F)(F)F)nn2)nn1-c1ncccc1Cl. The maximum Gasteiger partial charge on any atom is 0.460 e. The van der Waals surface area contributed by atoms with Gasteiger partial charge in [0.05, 0.1) is 23.5 Å². The number of aryl methyl sites for hydroxylation is 1. The summed E-state index contributed by atoms with van der Waals surface area (Å²) in [5.74, 6) is -13.3. The predicted molar refractivity (Wildman–Crippen MR) is 152 cm³/mol. The minimum atomic E-state index is -6.56. The molecular weight excluding hydrogens is 670 g/mol. The number of pyridine rings is 1. The Morgan fingerprint density at radius 1 is 1.00 bits per heavy atom. The van der Waals surface area contributed by atoms with Crippen molar-refractivity contribution in [2.45, 2.75) is 64.2 Å². The maximum absolute atomic E-state index is 14.2. The second-order valence-electron chi connectivity index (χ2n) is 11.2. The lowest BCUT2D eigenvalue weighted by Crippen LogP contribution is -2.50. The molecule has 0 aliphatic carbocycles. The zero-order valence-electron chi connectivity index (χ0n) is 24.4. The van der Waals surface area contributed by atoms with Gasteiger partial charge in [0, 0.05) is 28.7 Å². The summed E-state index contributed by atoms with van der Waals surface area (Å²) in [7, 11) is 0. The average molecular weight is 694 g/mol. The van der Waals surface area contributed by atoms with E-state index in [1.165, 1.54) is 30.5 Å². The Balaban J connectivity index is 1.73. The third-order valence-corrected chi connectivity index (χ3v) is 6.94. The number of halogens is 9. The van der Waals surface area contributed by atoms with E-state index in [9.17, 15) is 40.3 Å². The lowest BCUT2D eigenvalue weighted by Gasteiger charge is -2.26. The summed E-state index contributed by atoms with van der Waals surface area (Å²) in [6.07, 6.45) is -5.35. The Bertz CT molecular complexity index is 1800. The van der Waals surface area contributed by atoms with Crippen molar-refractivity contribution < 1.29 is 40.3 Å². The van der Waals surface area contributed by atoms with Crippen molar-refractivity contribution in [3.05, 3.63) is 86.5 Å². The highest BCUT2D eigenvalue weighted by Crippen LogP contribution is 2.51. The highest BCUT2D eigenvalue weighted by molar-refractivity contribution is 6.32. The van der Waals surface area contributed by atoms with Gasteiger partial charge in [-0.3, -0.25) is 9.59 Å². The van der Waals surface area contributed by atoms with Gasteiger partial charge in [-0.05, 0) is 69.2 Å². The number of nitrogens with one attached hydrogen (secondary N) is 1. The summed E-state index contributed by atoms with van der Waals surface area (Å²) in [4.78, 5) is 31.1. The highest BCUT2D eigenvalue weighted by Gasteiger charge is 2.74. The number of Topliss-reactive ketones (excluding diaryl/α,β-unsaturated/α-hetero) is 1. The van der Waals surface area contributed by atoms with Crippen LogP contribution in [-0.2, 0) is 18.9 Å². The van der Waals surface area contributed by atoms with Crippen molar-refractivity contribution in [2.24, 2.45) is 0 Å². The number of rotatable bonds is 9. The number of hydrogen-bond donors (Lipinski definition) is 1. The Labute approximate surface area is 266 Å². The van der Waals surface area contributed by atoms with E-state index in [0.717, 1.165) is 4.68 Å². The molecule has 4 rings (SSSR count). The summed E-state index contributed by atoms with van der Waals surface area (Å²) in [5, 5.41) is 13.4. The summed E-state index contributed by atoms with van der Waals surface area (Å²) < 4.78 is 94.9. The Morgan fingerprint density at radius 3 is 2.28 bits per heavy atom. The molecule has 0 fully saturated rings. The number of alkyl halides is 7. The zero-order valence-corrected chi connectivity index (χ0v) is 25.9. The lowest BCUT2D eigenvalue weighted by molar-refractivity contribution is -0.360. The van der Waals surface area contributed by atoms with Gasteiger partial charge >= 0.3 is 18.0 Å². The Kier molecular flexibility index (Phi) is 9.30. The van der Waals surface area contributed by atoms with E-state index in [0.29, 0.717) is 15.8 Å². The van der Waals surface area contributed by atoms with Crippen LogP contribution in [-0.4, -0.2) is 59.1 Å². The first kappa shape index (κ1) is 34.8. The van der Waals surface area contributed by atoms with Crippen LogP contribution in [0.3, 0.4) is 0 Å². The molecule has 0 saturated heterocycles. The van der Waals surface area contributed by atoms with Crippen molar-refractivity contribution in [3.63, 3.8) is 0 Å². The molecule has 3 heterocycles. The molecule has 0 spiro atoms. The minimum absolute atomic E-state index is 0.0204. The largest absolute Gasteiger partial charge is 0.460 e. The standard InChI is InChI=1S/C28H24Cl2F7N7O2/c1-14-8-15(29)9-18(24(46)39-25(2,3)4)17(14)11-21(45)20-10-16(41-44(20)23-19(30)6-5-7-38-23)12-43-13-22(40-42-43)26(31,32)27(33,34)28(35,36)37/h5-10,13H,11-12H2,1-4H3,(H,39,46). The topological polar surface area (TPSA) is 108 Å². The number of carbonyl (C=O) groups is 2. The third-order valence-electron chi connectivity index (χ3n) is 6.43. The molecule has 0 bridgehead atoms. The van der Waals surface area contributed by atoms with Crippen molar-refractivity contribution in [1.29, 1.82) is 0 Å². The van der Waals surface area contributed by atoms with Crippen LogP contribution in [0.25, 0.3) is 5.82 Å². The van der Waals surface area contributed by atoms with Gasteiger partial charge in [-0.15, -0.1) is 5.10 Å². The van der Waals surface area contributed by atoms with Gasteiger partial charge in [-0.1, -0.05) is 28.4 Å². The molecule has 1 N–H and O–H groups in total. The molecule has 0 aliphatic heterocycles. The predicted octanol–water partition coefficient (Wildman–Crippen LogP) is 6.77. The molecular formula is C28H24Cl2F7N7O2. The van der Waals surface area contributed by atoms with E-state index in [4.69, 9.17) is 23.2 Å². The molecule has 1 amide bonds. The first-order valence-electron chi connectivity index (χ1n) is 13.2. The number of benzene rings is 1. The van der Waals surface area contributed by atoms with Crippen molar-refractivity contribution in [2.75, 3.05) is 0 Å². The van der Waals surface area contributed by atoms with Crippen LogP contribution in [0.15, 0.2) is 42.7 Å². The van der Waals surface area contributed by atoms with Gasteiger partial charge < -0.3 is 5.32 Å². The molecule has 246 valence electrons. The van der Waals surface area contributed by atoms with Crippen LogP contribution in [0.4, 0.5) is 30.7 Å². The van der Waals surface area contributed by atoms with Crippen LogP contribution < -0.4 is 5.32 Å². The Hall–Kier alpha value is -4.05. The third kappa shape index (κ3) is 7.02. The highest BCUT2D eigenvalue weighted by atomic mass is 35.5. The van der Waals surface area contributed by atoms with Crippen molar-refractivity contribution in [3.8, 4) is 5.82 Å². The van der Waals surface area contributed by atoms with Gasteiger partial charge in [0.15, 0.2) is 17.3 Å². The van der Waals surface area contributed by atoms with E-state index in [-0.39, 0.29) is 45.4 Å². The van der Waals surface area contributed by atoms with Gasteiger partial charge in [0.25, 0.3) is 5.91 Å². The monoisotopic (exact) mass is 693 g/mol. The zero-order chi connectivity index (χ0) is 34.4. The number of hydrogen-bond acceptors (Lipinski definition) is 6. The maximum atomic E-state index is 14.2. The van der Waals surface area contributed by atoms with E-state index >= 15 is 0 Å². The minimum Gasteiger partial charge on any atom is -0.347 e. The molecule has 0 saturated carbocycles. The molecule has 4 aromatic rings. The quantitative estimate of drug-likeness (QED) is 0.153. The molecule has 0 aliphatic rings. The molecule has 0 atom stereocenters. The number of amides is 1. The molecule has 9 nitrogen and oxygen atoms in total. The van der Waals surface area contributed by atoms with Crippen LogP contribution in [0.1, 0.15) is 64.1 Å². The fourth-order valence-corrected chi connectivity index (χ4v) is 4.77. The van der Waals surface area contributed by atoms with Crippen LogP contribution >= 0.6 is 23.2 Å². The van der Waals surface area contributed by atoms with Crippen molar-refractivity contribution >= 4 is 34.9 Å². The molecule has 46 heavy (non-hydrogen) atoms. The fourth-order valence-electron chi connectivity index (χ4n) is 4.29. The second-order valence-corrected chi connectivity index (χ2v) is 12.1. The molecule has 3 aromatic heterocycles. The summed E-state index contributed by atoms with van der Waals surface area (Å²) >= 11 is 12.5. The van der Waals surface area contributed by atoms with Crippen molar-refractivity contribution in [1.82, 2.24) is 35.1 Å². The number of ketones is 1. The second kappa shape index (κ2) is 12.3. The summed E-state index contributed by atoms with van der Waals surface area (Å²) in [5.41, 5.74) is -1.77. The molecule has 18 heteroatoms. The van der Waals surface area contributed by atoms with Crippen LogP contribution in [0.5, 0.6) is 0 Å². The fraction of sp³-hybridized carbons (Fsp3) is 0.357. The number of carbonyl (C=O) groups excluding carboxylic acids is 2. The van der Waals surface area contributed by atoms with E-state index in [1.807, 2.05) is 0 Å². The van der Waals surface area contributed by atoms with E-state index in [1.54, 1.807) is 33.8 Å². The van der Waals surface area contributed by atoms with E-state index < -0.39 is 47.5 Å². The van der Waals surface area contributed by atoms with Gasteiger partial charge in [-0.25, -0.2) is 14.3 Å². The number of aromatic nitrogens is 6. The van der Waals surface area contributed by atoms with Gasteiger partial charge in [0.2, 0.25) is 0 Å². The smallest absolute Gasteiger partial charge is 0.347 e. The van der Waals surface area contributed by atoms with Gasteiger partial charge in [0.1, 0.15) is 5.69 Å². The summed E-state index contributed by atoms with van der Waals surface area (Å²) in [6.45, 7) is 6.37. The number of nitrogens with zero attached hydrogens (tertiary/aromatic N) is 6. The molecule has 1 aromatic carbocycles. The summed E-state index contributed by atoms with van der Waals surface area (Å²) in [6, 6.07) is 7.14. The first-order valence-corrected chi connectivity index (χ1v) is 14.0. The van der Waals surface area contributed by atoms with Crippen LogP contribution in [0.2, 0.25) is 10.0 Å². The van der Waals surface area contributed by atoms with E-state index in [2.05, 4.69) is 25.7 Å². The molecule has 0 radical (unpaired) electrons. The van der Waals surface area contributed by atoms with Crippen LogP contribution in [0, 0.1) is 6.92 Å². The first-order chi connectivity index (χ1) is 21.1. The normalized spacial score (nSPS) is 12.8. The van der Waals surface area contributed by atoms with Gasteiger partial charge in [-0.2, -0.15) is 35.8 Å².